The van der Waals surface area contributed by atoms with Crippen LogP contribution in [0.4, 0.5) is 0 Å². The zero-order valence-electron chi connectivity index (χ0n) is 9.95. The van der Waals surface area contributed by atoms with Crippen molar-refractivity contribution in [2.24, 2.45) is 0 Å². The molecule has 0 spiro atoms. The van der Waals surface area contributed by atoms with Crippen LogP contribution in [-0.4, -0.2) is 26.3 Å². The fourth-order valence-corrected chi connectivity index (χ4v) is 1.94. The summed E-state index contributed by atoms with van der Waals surface area (Å²) in [6.45, 7) is 4.11. The van der Waals surface area contributed by atoms with E-state index in [-0.39, 0.29) is 6.10 Å². The number of methoxy groups -OCH3 is 1. The fourth-order valence-electron chi connectivity index (χ4n) is 1.94. The van der Waals surface area contributed by atoms with Gasteiger partial charge < -0.3 is 14.8 Å². The Morgan fingerprint density at radius 3 is 2.88 bits per heavy atom. The monoisotopic (exact) mass is 221 g/mol. The summed E-state index contributed by atoms with van der Waals surface area (Å²) in [6.07, 6.45) is 2.36. The molecule has 3 heteroatoms. The Kier molecular flexibility index (Phi) is 3.67. The largest absolute Gasteiger partial charge is 0.493 e. The van der Waals surface area contributed by atoms with Gasteiger partial charge in [0.2, 0.25) is 0 Å². The Balaban J connectivity index is 2.12. The summed E-state index contributed by atoms with van der Waals surface area (Å²) in [5, 5.41) is 3.29. The minimum absolute atomic E-state index is 0.279. The van der Waals surface area contributed by atoms with E-state index in [1.165, 1.54) is 5.56 Å². The molecule has 1 atom stereocenters. The van der Waals surface area contributed by atoms with Crippen LogP contribution in [0.5, 0.6) is 11.5 Å². The summed E-state index contributed by atoms with van der Waals surface area (Å²) in [4.78, 5) is 0. The molecule has 1 fully saturated rings. The normalized spacial score (nSPS) is 19.8. The molecule has 3 nitrogen and oxygen atoms in total. The number of hydrogen-bond donors (Lipinski definition) is 1. The number of benzene rings is 1. The maximum atomic E-state index is 5.91. The molecular weight excluding hydrogens is 202 g/mol. The molecule has 0 aromatic heterocycles. The van der Waals surface area contributed by atoms with Gasteiger partial charge in [-0.2, -0.15) is 0 Å². The predicted molar refractivity (Wildman–Crippen MR) is 64.3 cm³/mol. The standard InChI is InChI=1S/C13H19NO2/c1-3-10-4-5-12(13(8-10)15-2)16-11-6-7-14-9-11/h4-5,8,11,14H,3,6-7,9H2,1-2H3/t11-/m1/s1. The van der Waals surface area contributed by atoms with E-state index in [2.05, 4.69) is 24.4 Å². The highest BCUT2D eigenvalue weighted by atomic mass is 16.5. The van der Waals surface area contributed by atoms with Crippen LogP contribution in [0.25, 0.3) is 0 Å². The van der Waals surface area contributed by atoms with Crippen LogP contribution in [0.3, 0.4) is 0 Å². The Labute approximate surface area is 96.8 Å². The first-order chi connectivity index (χ1) is 7.83. The van der Waals surface area contributed by atoms with Gasteiger partial charge in [0.1, 0.15) is 6.10 Å². The molecule has 1 aromatic carbocycles. The lowest BCUT2D eigenvalue weighted by molar-refractivity contribution is 0.212. The van der Waals surface area contributed by atoms with E-state index >= 15 is 0 Å². The van der Waals surface area contributed by atoms with Gasteiger partial charge >= 0.3 is 0 Å². The average molecular weight is 221 g/mol. The maximum Gasteiger partial charge on any atom is 0.161 e. The molecule has 1 N–H and O–H groups in total. The van der Waals surface area contributed by atoms with E-state index < -0.39 is 0 Å². The van der Waals surface area contributed by atoms with Crippen molar-refractivity contribution in [1.82, 2.24) is 5.32 Å². The molecule has 0 saturated carbocycles. The molecule has 16 heavy (non-hydrogen) atoms. The highest BCUT2D eigenvalue weighted by Crippen LogP contribution is 2.29. The molecule has 1 aliphatic rings. The van der Waals surface area contributed by atoms with Crippen molar-refractivity contribution in [3.63, 3.8) is 0 Å². The van der Waals surface area contributed by atoms with Crippen LogP contribution in [0.2, 0.25) is 0 Å². The smallest absolute Gasteiger partial charge is 0.161 e. The maximum absolute atomic E-state index is 5.91. The fraction of sp³-hybridized carbons (Fsp3) is 0.538. The number of ether oxygens (including phenoxy) is 2. The second-order valence-electron chi connectivity index (χ2n) is 4.07. The summed E-state index contributed by atoms with van der Waals surface area (Å²) in [5.74, 6) is 1.69. The summed E-state index contributed by atoms with van der Waals surface area (Å²) in [6, 6.07) is 6.16. The van der Waals surface area contributed by atoms with Gasteiger partial charge in [-0.15, -0.1) is 0 Å². The minimum Gasteiger partial charge on any atom is -0.493 e. The molecule has 0 radical (unpaired) electrons. The molecule has 0 aliphatic carbocycles. The van der Waals surface area contributed by atoms with Gasteiger partial charge in [-0.05, 0) is 37.1 Å². The highest BCUT2D eigenvalue weighted by molar-refractivity contribution is 5.43. The van der Waals surface area contributed by atoms with Crippen molar-refractivity contribution in [3.05, 3.63) is 23.8 Å². The minimum atomic E-state index is 0.279. The lowest BCUT2D eigenvalue weighted by atomic mass is 10.1. The van der Waals surface area contributed by atoms with Gasteiger partial charge in [0.25, 0.3) is 0 Å². The highest BCUT2D eigenvalue weighted by Gasteiger charge is 2.17. The van der Waals surface area contributed by atoms with Crippen LogP contribution >= 0.6 is 0 Å². The Morgan fingerprint density at radius 1 is 1.38 bits per heavy atom. The molecular formula is C13H19NO2. The van der Waals surface area contributed by atoms with Crippen molar-refractivity contribution < 1.29 is 9.47 Å². The van der Waals surface area contributed by atoms with Crippen LogP contribution < -0.4 is 14.8 Å². The van der Waals surface area contributed by atoms with E-state index in [9.17, 15) is 0 Å². The van der Waals surface area contributed by atoms with Crippen molar-refractivity contribution in [1.29, 1.82) is 0 Å². The molecule has 1 aromatic rings. The quantitative estimate of drug-likeness (QED) is 0.843. The first kappa shape index (κ1) is 11.3. The van der Waals surface area contributed by atoms with Crippen LogP contribution in [0, 0.1) is 0 Å². The molecule has 1 saturated heterocycles. The predicted octanol–water partition coefficient (Wildman–Crippen LogP) is 2.00. The van der Waals surface area contributed by atoms with Crippen molar-refractivity contribution in [2.75, 3.05) is 20.2 Å². The second kappa shape index (κ2) is 5.21. The second-order valence-corrected chi connectivity index (χ2v) is 4.07. The number of rotatable bonds is 4. The molecule has 1 aliphatic heterocycles. The Morgan fingerprint density at radius 2 is 2.25 bits per heavy atom. The lowest BCUT2D eigenvalue weighted by Crippen LogP contribution is -2.19. The van der Waals surface area contributed by atoms with E-state index in [4.69, 9.17) is 9.47 Å². The van der Waals surface area contributed by atoms with Crippen LogP contribution in [0.1, 0.15) is 18.9 Å². The Bertz CT molecular complexity index is 346. The third kappa shape index (κ3) is 2.47. The van der Waals surface area contributed by atoms with Gasteiger partial charge in [-0.1, -0.05) is 13.0 Å². The summed E-state index contributed by atoms with van der Waals surface area (Å²) in [7, 11) is 1.69. The third-order valence-corrected chi connectivity index (χ3v) is 2.95. The molecule has 2 rings (SSSR count). The Hall–Kier alpha value is -1.22. The van der Waals surface area contributed by atoms with E-state index in [1.807, 2.05) is 6.07 Å². The number of nitrogens with one attached hydrogen (secondary N) is 1. The SMILES string of the molecule is CCc1ccc(O[C@@H]2CCNC2)c(OC)c1. The topological polar surface area (TPSA) is 30.5 Å². The van der Waals surface area contributed by atoms with Crippen LogP contribution in [0.15, 0.2) is 18.2 Å². The van der Waals surface area contributed by atoms with Crippen LogP contribution in [-0.2, 0) is 6.42 Å². The van der Waals surface area contributed by atoms with E-state index in [0.717, 1.165) is 37.4 Å². The van der Waals surface area contributed by atoms with Gasteiger partial charge in [0.15, 0.2) is 11.5 Å². The third-order valence-electron chi connectivity index (χ3n) is 2.95. The molecule has 1 heterocycles. The molecule has 0 unspecified atom stereocenters. The van der Waals surface area contributed by atoms with Gasteiger partial charge in [0.05, 0.1) is 7.11 Å². The summed E-state index contributed by atoms with van der Waals surface area (Å²) >= 11 is 0. The molecule has 0 bridgehead atoms. The zero-order valence-corrected chi connectivity index (χ0v) is 9.95. The summed E-state index contributed by atoms with van der Waals surface area (Å²) < 4.78 is 11.3. The molecule has 88 valence electrons. The van der Waals surface area contributed by atoms with Crippen molar-refractivity contribution >= 4 is 0 Å². The lowest BCUT2D eigenvalue weighted by Gasteiger charge is -2.15. The van der Waals surface area contributed by atoms with E-state index in [1.54, 1.807) is 7.11 Å². The zero-order chi connectivity index (χ0) is 11.4. The number of hydrogen-bond acceptors (Lipinski definition) is 3. The van der Waals surface area contributed by atoms with E-state index in [0.29, 0.717) is 0 Å². The van der Waals surface area contributed by atoms with Gasteiger partial charge in [-0.25, -0.2) is 0 Å². The average Bonchev–Trinajstić information content (AvgIpc) is 2.82. The van der Waals surface area contributed by atoms with Gasteiger partial charge in [0, 0.05) is 6.54 Å². The van der Waals surface area contributed by atoms with Crippen molar-refractivity contribution in [3.8, 4) is 11.5 Å². The van der Waals surface area contributed by atoms with Gasteiger partial charge in [-0.3, -0.25) is 0 Å². The first-order valence-corrected chi connectivity index (χ1v) is 5.87. The molecule has 0 amide bonds. The summed E-state index contributed by atoms with van der Waals surface area (Å²) in [5.41, 5.74) is 1.27. The van der Waals surface area contributed by atoms with Crippen molar-refractivity contribution in [2.45, 2.75) is 25.9 Å². The first-order valence-electron chi connectivity index (χ1n) is 5.87. The number of aryl methyl sites for hydroxylation is 1.